The number of ether oxygens (including phenoxy) is 2. The highest BCUT2D eigenvalue weighted by molar-refractivity contribution is 7.99. The minimum Gasteiger partial charge on any atom is -0.488 e. The van der Waals surface area contributed by atoms with Gasteiger partial charge in [0.05, 0.1) is 5.57 Å². The number of halogens is 1. The van der Waals surface area contributed by atoms with Crippen LogP contribution in [0.2, 0.25) is 5.02 Å². The number of carbonyl (C=O) groups is 2. The Balaban J connectivity index is 1.39. The molecule has 1 amide bonds. The van der Waals surface area contributed by atoms with Crippen molar-refractivity contribution in [2.45, 2.75) is 11.8 Å². The lowest BCUT2D eigenvalue weighted by atomic mass is 10.1. The molecule has 0 aromatic heterocycles. The first-order chi connectivity index (χ1) is 13.5. The Hall–Kier alpha value is -2.44. The molecule has 1 heterocycles. The second-order valence-electron chi connectivity index (χ2n) is 6.23. The van der Waals surface area contributed by atoms with E-state index in [0.717, 1.165) is 10.6 Å². The molecule has 0 radical (unpaired) electrons. The third-order valence-corrected chi connectivity index (χ3v) is 5.24. The number of hydrogen-bond donors (Lipinski definition) is 1. The zero-order chi connectivity index (χ0) is 19.9. The Bertz CT molecular complexity index is 896. The highest BCUT2D eigenvalue weighted by Gasteiger charge is 2.19. The number of fused-ring (bicyclic) bond motifs is 1. The molecular formula is C21H20ClNO4S. The molecule has 1 aliphatic rings. The third kappa shape index (κ3) is 5.78. The number of carbonyl (C=O) groups excluding carboxylic acids is 2. The van der Waals surface area contributed by atoms with Crippen molar-refractivity contribution < 1.29 is 19.1 Å². The summed E-state index contributed by atoms with van der Waals surface area (Å²) in [5.74, 6) is 0.484. The normalized spacial score (nSPS) is 12.4. The van der Waals surface area contributed by atoms with Gasteiger partial charge in [0.2, 0.25) is 0 Å². The van der Waals surface area contributed by atoms with Crippen LogP contribution < -0.4 is 10.1 Å². The fourth-order valence-electron chi connectivity index (χ4n) is 2.53. The van der Waals surface area contributed by atoms with Crippen molar-refractivity contribution in [3.8, 4) is 5.75 Å². The number of rotatable bonds is 7. The first-order valence-corrected chi connectivity index (χ1v) is 10.1. The summed E-state index contributed by atoms with van der Waals surface area (Å²) in [6.07, 6.45) is 1.67. The number of thioether (sulfide) groups is 1. The van der Waals surface area contributed by atoms with Crippen LogP contribution in [0.1, 0.15) is 11.1 Å². The molecule has 0 fully saturated rings. The minimum atomic E-state index is -0.574. The molecule has 0 aliphatic carbocycles. The van der Waals surface area contributed by atoms with Crippen molar-refractivity contribution >= 4 is 41.3 Å². The summed E-state index contributed by atoms with van der Waals surface area (Å²) in [6.45, 7) is 2.31. The summed E-state index contributed by atoms with van der Waals surface area (Å²) >= 11 is 7.61. The Labute approximate surface area is 173 Å². The average molecular weight is 418 g/mol. The molecule has 2 aromatic rings. The second kappa shape index (κ2) is 9.66. The van der Waals surface area contributed by atoms with Crippen LogP contribution in [0, 0.1) is 6.92 Å². The summed E-state index contributed by atoms with van der Waals surface area (Å²) in [5.41, 5.74) is 2.27. The van der Waals surface area contributed by atoms with Gasteiger partial charge in [-0.25, -0.2) is 4.79 Å². The van der Waals surface area contributed by atoms with E-state index in [1.165, 1.54) is 5.56 Å². The fraction of sp³-hybridized carbons (Fsp3) is 0.238. The summed E-state index contributed by atoms with van der Waals surface area (Å²) in [5, 5.41) is 3.29. The van der Waals surface area contributed by atoms with Gasteiger partial charge in [-0.15, -0.1) is 11.8 Å². The maximum atomic E-state index is 12.2. The van der Waals surface area contributed by atoms with Crippen LogP contribution in [-0.2, 0) is 14.3 Å². The number of amides is 1. The van der Waals surface area contributed by atoms with Gasteiger partial charge >= 0.3 is 5.97 Å². The SMILES string of the molecule is Cc1ccc(SCCNC(=O)COC(=O)C2=Cc3cc(Cl)ccc3OC2)cc1. The van der Waals surface area contributed by atoms with E-state index in [0.29, 0.717) is 28.5 Å². The van der Waals surface area contributed by atoms with Gasteiger partial charge in [0.15, 0.2) is 6.61 Å². The number of esters is 1. The lowest BCUT2D eigenvalue weighted by molar-refractivity contribution is -0.145. The molecule has 3 rings (SSSR count). The van der Waals surface area contributed by atoms with Gasteiger partial charge in [0.1, 0.15) is 12.4 Å². The second-order valence-corrected chi connectivity index (χ2v) is 7.83. The molecule has 0 atom stereocenters. The van der Waals surface area contributed by atoms with Gasteiger partial charge in [-0.1, -0.05) is 29.3 Å². The first-order valence-electron chi connectivity index (χ1n) is 8.77. The average Bonchev–Trinajstić information content (AvgIpc) is 2.70. The molecule has 0 bridgehead atoms. The van der Waals surface area contributed by atoms with Crippen LogP contribution in [0.3, 0.4) is 0 Å². The van der Waals surface area contributed by atoms with Crippen LogP contribution >= 0.6 is 23.4 Å². The Morgan fingerprint density at radius 1 is 1.21 bits per heavy atom. The smallest absolute Gasteiger partial charge is 0.338 e. The Morgan fingerprint density at radius 3 is 2.79 bits per heavy atom. The maximum absolute atomic E-state index is 12.2. The van der Waals surface area contributed by atoms with Crippen LogP contribution in [-0.4, -0.2) is 37.4 Å². The number of hydrogen-bond acceptors (Lipinski definition) is 5. The monoisotopic (exact) mass is 417 g/mol. The molecule has 0 unspecified atom stereocenters. The summed E-state index contributed by atoms with van der Waals surface area (Å²) in [4.78, 5) is 25.2. The maximum Gasteiger partial charge on any atom is 0.338 e. The van der Waals surface area contributed by atoms with Gasteiger partial charge in [-0.3, -0.25) is 4.79 Å². The van der Waals surface area contributed by atoms with Gasteiger partial charge in [-0.05, 0) is 43.3 Å². The van der Waals surface area contributed by atoms with E-state index in [9.17, 15) is 9.59 Å². The van der Waals surface area contributed by atoms with Crippen molar-refractivity contribution in [3.05, 3.63) is 64.2 Å². The van der Waals surface area contributed by atoms with Crippen molar-refractivity contribution in [1.29, 1.82) is 0 Å². The molecule has 146 valence electrons. The standard InChI is InChI=1S/C21H20ClNO4S/c1-14-2-5-18(6-3-14)28-9-8-23-20(24)13-27-21(25)16-10-15-11-17(22)4-7-19(15)26-12-16/h2-7,10-11H,8-9,12-13H2,1H3,(H,23,24). The highest BCUT2D eigenvalue weighted by Crippen LogP contribution is 2.29. The van der Waals surface area contributed by atoms with Crippen LogP contribution in [0.15, 0.2) is 52.9 Å². The first kappa shape index (κ1) is 20.3. The van der Waals surface area contributed by atoms with Crippen molar-refractivity contribution in [3.63, 3.8) is 0 Å². The highest BCUT2D eigenvalue weighted by atomic mass is 35.5. The van der Waals surface area contributed by atoms with E-state index in [-0.39, 0.29) is 19.1 Å². The molecular weight excluding hydrogens is 398 g/mol. The van der Waals surface area contributed by atoms with Crippen molar-refractivity contribution in [2.24, 2.45) is 0 Å². The predicted molar refractivity (Wildman–Crippen MR) is 111 cm³/mol. The number of benzene rings is 2. The lowest BCUT2D eigenvalue weighted by Crippen LogP contribution is -2.31. The number of nitrogens with one attached hydrogen (secondary N) is 1. The van der Waals surface area contributed by atoms with Crippen molar-refractivity contribution in [2.75, 3.05) is 25.5 Å². The van der Waals surface area contributed by atoms with Gasteiger partial charge in [0.25, 0.3) is 5.91 Å². The van der Waals surface area contributed by atoms with Crippen LogP contribution in [0.4, 0.5) is 0 Å². The molecule has 1 aliphatic heterocycles. The van der Waals surface area contributed by atoms with E-state index >= 15 is 0 Å². The van der Waals surface area contributed by atoms with Gasteiger partial charge < -0.3 is 14.8 Å². The number of aryl methyl sites for hydroxylation is 1. The summed E-state index contributed by atoms with van der Waals surface area (Å²) in [7, 11) is 0. The third-order valence-electron chi connectivity index (χ3n) is 4.00. The van der Waals surface area contributed by atoms with E-state index in [1.807, 2.05) is 6.92 Å². The van der Waals surface area contributed by atoms with Crippen molar-refractivity contribution in [1.82, 2.24) is 5.32 Å². The molecule has 0 saturated heterocycles. The zero-order valence-corrected chi connectivity index (χ0v) is 16.9. The molecule has 0 spiro atoms. The molecule has 1 N–H and O–H groups in total. The quantitative estimate of drug-likeness (QED) is 0.421. The summed E-state index contributed by atoms with van der Waals surface area (Å²) < 4.78 is 10.6. The predicted octanol–water partition coefficient (Wildman–Crippen LogP) is 3.88. The Morgan fingerprint density at radius 2 is 2.00 bits per heavy atom. The van der Waals surface area contributed by atoms with Gasteiger partial charge in [0, 0.05) is 27.8 Å². The van der Waals surface area contributed by atoms with E-state index < -0.39 is 5.97 Å². The molecule has 2 aromatic carbocycles. The van der Waals surface area contributed by atoms with Crippen LogP contribution in [0.5, 0.6) is 5.75 Å². The molecule has 7 heteroatoms. The largest absolute Gasteiger partial charge is 0.488 e. The Kier molecular flexibility index (Phi) is 7.01. The van der Waals surface area contributed by atoms with Crippen LogP contribution in [0.25, 0.3) is 6.08 Å². The van der Waals surface area contributed by atoms with E-state index in [2.05, 4.69) is 29.6 Å². The molecule has 0 saturated carbocycles. The lowest BCUT2D eigenvalue weighted by Gasteiger charge is -2.17. The molecule has 28 heavy (non-hydrogen) atoms. The summed E-state index contributed by atoms with van der Waals surface area (Å²) in [6, 6.07) is 13.4. The topological polar surface area (TPSA) is 64.6 Å². The fourth-order valence-corrected chi connectivity index (χ4v) is 3.48. The minimum absolute atomic E-state index is 0.0995. The van der Waals surface area contributed by atoms with E-state index in [4.69, 9.17) is 21.1 Å². The zero-order valence-electron chi connectivity index (χ0n) is 15.4. The molecule has 5 nitrogen and oxygen atoms in total. The van der Waals surface area contributed by atoms with Gasteiger partial charge in [-0.2, -0.15) is 0 Å². The van der Waals surface area contributed by atoms with E-state index in [1.54, 1.807) is 36.0 Å².